The lowest BCUT2D eigenvalue weighted by molar-refractivity contribution is -0.137. The summed E-state index contributed by atoms with van der Waals surface area (Å²) in [5, 5.41) is 8.56. The molecule has 88 valence electrons. The number of rotatable bonds is 4. The van der Waals surface area contributed by atoms with Crippen molar-refractivity contribution in [1.82, 2.24) is 4.90 Å². The average Bonchev–Trinajstić information content (AvgIpc) is 2.27. The second-order valence-corrected chi connectivity index (χ2v) is 5.36. The fourth-order valence-corrected chi connectivity index (χ4v) is 2.16. The number of hydrogen-bond donors (Lipinski definition) is 1. The van der Waals surface area contributed by atoms with Gasteiger partial charge in [-0.05, 0) is 50.7 Å². The van der Waals surface area contributed by atoms with Crippen molar-refractivity contribution in [3.8, 4) is 0 Å². The van der Waals surface area contributed by atoms with Gasteiger partial charge in [-0.15, -0.1) is 0 Å². The van der Waals surface area contributed by atoms with Crippen molar-refractivity contribution in [3.05, 3.63) is 0 Å². The van der Waals surface area contributed by atoms with E-state index in [1.165, 1.54) is 19.3 Å². The number of aliphatic carboxylic acids is 1. The van der Waals surface area contributed by atoms with Gasteiger partial charge >= 0.3 is 5.97 Å². The van der Waals surface area contributed by atoms with E-state index in [1.54, 1.807) is 0 Å². The number of carboxylic acid groups (broad SMARTS) is 1. The maximum absolute atomic E-state index is 10.4. The molecule has 1 aliphatic rings. The Morgan fingerprint density at radius 2 is 2.07 bits per heavy atom. The van der Waals surface area contributed by atoms with E-state index in [1.807, 2.05) is 0 Å². The Morgan fingerprint density at radius 3 is 2.73 bits per heavy atom. The smallest absolute Gasteiger partial charge is 0.303 e. The normalized spacial score (nSPS) is 22.3. The van der Waals surface area contributed by atoms with E-state index in [4.69, 9.17) is 5.11 Å². The molecule has 1 fully saturated rings. The van der Waals surface area contributed by atoms with E-state index < -0.39 is 5.97 Å². The van der Waals surface area contributed by atoms with Crippen LogP contribution in [0.4, 0.5) is 0 Å². The molecule has 0 aromatic carbocycles. The first-order valence-corrected chi connectivity index (χ1v) is 5.94. The predicted octanol–water partition coefficient (Wildman–Crippen LogP) is 2.36. The number of hydrogen-bond acceptors (Lipinski definition) is 2. The number of carbonyl (C=O) groups is 1. The van der Waals surface area contributed by atoms with Crippen molar-refractivity contribution in [2.24, 2.45) is 5.41 Å². The minimum absolute atomic E-state index is 0.305. The molecule has 15 heavy (non-hydrogen) atoms. The van der Waals surface area contributed by atoms with E-state index in [-0.39, 0.29) is 0 Å². The van der Waals surface area contributed by atoms with Crippen LogP contribution >= 0.6 is 0 Å². The van der Waals surface area contributed by atoms with Crippen molar-refractivity contribution in [3.63, 3.8) is 0 Å². The first-order valence-electron chi connectivity index (χ1n) is 5.94. The molecule has 0 aliphatic carbocycles. The number of likely N-dealkylation sites (tertiary alicyclic amines) is 1. The van der Waals surface area contributed by atoms with Crippen molar-refractivity contribution in [1.29, 1.82) is 0 Å². The minimum Gasteiger partial charge on any atom is -0.481 e. The second kappa shape index (κ2) is 5.50. The molecule has 0 aromatic rings. The monoisotopic (exact) mass is 213 g/mol. The first kappa shape index (κ1) is 12.5. The maximum atomic E-state index is 10.4. The molecule has 0 spiro atoms. The van der Waals surface area contributed by atoms with Crippen LogP contribution < -0.4 is 0 Å². The zero-order valence-electron chi connectivity index (χ0n) is 9.96. The van der Waals surface area contributed by atoms with Gasteiger partial charge in [0.2, 0.25) is 0 Å². The third-order valence-corrected chi connectivity index (χ3v) is 3.30. The fraction of sp³-hybridized carbons (Fsp3) is 0.917. The van der Waals surface area contributed by atoms with Gasteiger partial charge in [-0.1, -0.05) is 13.8 Å². The van der Waals surface area contributed by atoms with Gasteiger partial charge in [-0.3, -0.25) is 4.79 Å². The molecule has 0 atom stereocenters. The Balaban J connectivity index is 2.23. The van der Waals surface area contributed by atoms with Crippen molar-refractivity contribution >= 4 is 5.97 Å². The van der Waals surface area contributed by atoms with Gasteiger partial charge in [0.05, 0.1) is 0 Å². The molecule has 0 saturated carbocycles. The Kier molecular flexibility index (Phi) is 4.58. The van der Waals surface area contributed by atoms with E-state index in [2.05, 4.69) is 18.7 Å². The summed E-state index contributed by atoms with van der Waals surface area (Å²) in [7, 11) is 0. The highest BCUT2D eigenvalue weighted by Gasteiger charge is 2.22. The van der Waals surface area contributed by atoms with Gasteiger partial charge < -0.3 is 10.0 Å². The molecular weight excluding hydrogens is 190 g/mol. The first-order chi connectivity index (χ1) is 6.99. The lowest BCUT2D eigenvalue weighted by Crippen LogP contribution is -2.27. The van der Waals surface area contributed by atoms with Gasteiger partial charge in [0.25, 0.3) is 0 Å². The molecule has 3 heteroatoms. The van der Waals surface area contributed by atoms with Crippen LogP contribution in [-0.4, -0.2) is 35.6 Å². The van der Waals surface area contributed by atoms with E-state index in [9.17, 15) is 4.79 Å². The van der Waals surface area contributed by atoms with E-state index in [0.29, 0.717) is 11.8 Å². The van der Waals surface area contributed by atoms with Gasteiger partial charge in [0.1, 0.15) is 0 Å². The molecule has 3 nitrogen and oxygen atoms in total. The highest BCUT2D eigenvalue weighted by Crippen LogP contribution is 2.29. The molecule has 1 rings (SSSR count). The van der Waals surface area contributed by atoms with Gasteiger partial charge in [-0.2, -0.15) is 0 Å². The van der Waals surface area contributed by atoms with Gasteiger partial charge in [0, 0.05) is 6.42 Å². The third kappa shape index (κ3) is 5.17. The van der Waals surface area contributed by atoms with Crippen LogP contribution in [0.5, 0.6) is 0 Å². The van der Waals surface area contributed by atoms with Crippen molar-refractivity contribution in [2.75, 3.05) is 19.6 Å². The molecule has 0 aromatic heterocycles. The standard InChI is InChI=1S/C12H23NO2/c1-12(2)6-4-9-13(10-7-12)8-3-5-11(14)15/h3-10H2,1-2H3,(H,14,15). The van der Waals surface area contributed by atoms with Crippen LogP contribution in [0.3, 0.4) is 0 Å². The average molecular weight is 213 g/mol. The summed E-state index contributed by atoms with van der Waals surface area (Å²) in [4.78, 5) is 12.8. The zero-order valence-corrected chi connectivity index (χ0v) is 9.96. The maximum Gasteiger partial charge on any atom is 0.303 e. The second-order valence-electron chi connectivity index (χ2n) is 5.36. The number of nitrogens with zero attached hydrogens (tertiary/aromatic N) is 1. The molecule has 1 aliphatic heterocycles. The fourth-order valence-electron chi connectivity index (χ4n) is 2.16. The molecular formula is C12H23NO2. The summed E-state index contributed by atoms with van der Waals surface area (Å²) in [6.45, 7) is 7.87. The summed E-state index contributed by atoms with van der Waals surface area (Å²) < 4.78 is 0. The Bertz CT molecular complexity index is 214. The van der Waals surface area contributed by atoms with Crippen molar-refractivity contribution in [2.45, 2.75) is 46.0 Å². The van der Waals surface area contributed by atoms with Gasteiger partial charge in [-0.25, -0.2) is 0 Å². The quantitative estimate of drug-likeness (QED) is 0.779. The summed E-state index contributed by atoms with van der Waals surface area (Å²) in [6, 6.07) is 0. The Hall–Kier alpha value is -0.570. The Labute approximate surface area is 92.5 Å². The predicted molar refractivity (Wildman–Crippen MR) is 60.9 cm³/mol. The summed E-state index contributed by atoms with van der Waals surface area (Å²) >= 11 is 0. The van der Waals surface area contributed by atoms with E-state index >= 15 is 0 Å². The SMILES string of the molecule is CC1(C)CCCN(CCCC(=O)O)CC1. The minimum atomic E-state index is -0.676. The van der Waals surface area contributed by atoms with Crippen LogP contribution in [-0.2, 0) is 4.79 Å². The largest absolute Gasteiger partial charge is 0.481 e. The summed E-state index contributed by atoms with van der Waals surface area (Å²) in [5.41, 5.74) is 0.474. The molecule has 0 bridgehead atoms. The third-order valence-electron chi connectivity index (χ3n) is 3.30. The van der Waals surface area contributed by atoms with Crippen LogP contribution in [0, 0.1) is 5.41 Å². The summed E-state index contributed by atoms with van der Waals surface area (Å²) in [6.07, 6.45) is 4.87. The number of carboxylic acids is 1. The highest BCUT2D eigenvalue weighted by molar-refractivity contribution is 5.66. The van der Waals surface area contributed by atoms with Crippen molar-refractivity contribution < 1.29 is 9.90 Å². The molecule has 1 N–H and O–H groups in total. The molecule has 0 unspecified atom stereocenters. The van der Waals surface area contributed by atoms with Gasteiger partial charge in [0.15, 0.2) is 0 Å². The lowest BCUT2D eigenvalue weighted by Gasteiger charge is -2.23. The van der Waals surface area contributed by atoms with Crippen LogP contribution in [0.25, 0.3) is 0 Å². The van der Waals surface area contributed by atoms with Crippen LogP contribution in [0.1, 0.15) is 46.0 Å². The Morgan fingerprint density at radius 1 is 1.33 bits per heavy atom. The summed E-state index contributed by atoms with van der Waals surface area (Å²) in [5.74, 6) is -0.676. The van der Waals surface area contributed by atoms with E-state index in [0.717, 1.165) is 26.1 Å². The topological polar surface area (TPSA) is 40.5 Å². The molecule has 1 saturated heterocycles. The molecule has 0 amide bonds. The van der Waals surface area contributed by atoms with Crippen LogP contribution in [0.15, 0.2) is 0 Å². The molecule has 0 radical (unpaired) electrons. The highest BCUT2D eigenvalue weighted by atomic mass is 16.4. The lowest BCUT2D eigenvalue weighted by atomic mass is 9.85. The molecule has 1 heterocycles. The van der Waals surface area contributed by atoms with Crippen LogP contribution in [0.2, 0.25) is 0 Å². The zero-order chi connectivity index (χ0) is 11.3.